The Kier molecular flexibility index (Phi) is 4.91. The van der Waals surface area contributed by atoms with Crippen molar-refractivity contribution in [2.75, 3.05) is 0 Å². The molecule has 0 amide bonds. The van der Waals surface area contributed by atoms with E-state index in [9.17, 15) is 5.11 Å². The van der Waals surface area contributed by atoms with Gasteiger partial charge in [0.2, 0.25) is 0 Å². The van der Waals surface area contributed by atoms with Gasteiger partial charge in [0.1, 0.15) is 0 Å². The molecule has 0 bridgehead atoms. The Morgan fingerprint density at radius 2 is 1.87 bits per heavy atom. The third-order valence-electron chi connectivity index (χ3n) is 2.31. The van der Waals surface area contributed by atoms with Gasteiger partial charge >= 0.3 is 0 Å². The molecule has 1 aromatic rings. The summed E-state index contributed by atoms with van der Waals surface area (Å²) in [6.07, 6.45) is 1.48. The highest BCUT2D eigenvalue weighted by Gasteiger charge is 2.08. The van der Waals surface area contributed by atoms with Crippen molar-refractivity contribution in [3.05, 3.63) is 33.8 Å². The summed E-state index contributed by atoms with van der Waals surface area (Å²) in [5.74, 6) is 0.447. The highest BCUT2D eigenvalue weighted by Crippen LogP contribution is 2.24. The Morgan fingerprint density at radius 3 is 2.40 bits per heavy atom. The van der Waals surface area contributed by atoms with Crippen LogP contribution >= 0.6 is 23.2 Å². The number of hydrogen-bond donors (Lipinski definition) is 1. The van der Waals surface area contributed by atoms with Crippen molar-refractivity contribution >= 4 is 23.2 Å². The van der Waals surface area contributed by atoms with Crippen LogP contribution in [0.1, 0.15) is 25.8 Å². The molecule has 2 atom stereocenters. The summed E-state index contributed by atoms with van der Waals surface area (Å²) in [7, 11) is 0. The zero-order chi connectivity index (χ0) is 11.4. The largest absolute Gasteiger partial charge is 0.393 e. The second-order valence-electron chi connectivity index (χ2n) is 4.14. The van der Waals surface area contributed by atoms with Gasteiger partial charge in [-0.15, -0.1) is 0 Å². The van der Waals surface area contributed by atoms with Crippen LogP contribution in [-0.2, 0) is 6.42 Å². The molecule has 0 radical (unpaired) electrons. The van der Waals surface area contributed by atoms with E-state index in [1.54, 1.807) is 0 Å². The summed E-state index contributed by atoms with van der Waals surface area (Å²) >= 11 is 11.8. The molecule has 0 fully saturated rings. The van der Waals surface area contributed by atoms with Gasteiger partial charge in [0.05, 0.1) is 16.1 Å². The standard InChI is InChI=1S/C12H16Cl2O/c1-8(5-9(2)15)6-10-3-4-11(13)12(14)7-10/h3-4,7-9,15H,5-6H2,1-2H3. The highest BCUT2D eigenvalue weighted by atomic mass is 35.5. The van der Waals surface area contributed by atoms with Gasteiger partial charge in [-0.25, -0.2) is 0 Å². The number of halogens is 2. The molecular formula is C12H16Cl2O. The van der Waals surface area contributed by atoms with Crippen molar-refractivity contribution in [2.24, 2.45) is 5.92 Å². The van der Waals surface area contributed by atoms with Crippen LogP contribution in [0.15, 0.2) is 18.2 Å². The molecule has 1 rings (SSSR count). The van der Waals surface area contributed by atoms with Gasteiger partial charge in [-0.05, 0) is 43.4 Å². The van der Waals surface area contributed by atoms with Gasteiger partial charge in [-0.1, -0.05) is 36.2 Å². The Balaban J connectivity index is 2.60. The van der Waals surface area contributed by atoms with Gasteiger partial charge in [0.25, 0.3) is 0 Å². The van der Waals surface area contributed by atoms with E-state index in [2.05, 4.69) is 6.92 Å². The first-order valence-electron chi connectivity index (χ1n) is 5.11. The van der Waals surface area contributed by atoms with Gasteiger partial charge < -0.3 is 5.11 Å². The second kappa shape index (κ2) is 5.74. The lowest BCUT2D eigenvalue weighted by atomic mass is 9.96. The zero-order valence-corrected chi connectivity index (χ0v) is 10.5. The van der Waals surface area contributed by atoms with E-state index in [0.29, 0.717) is 16.0 Å². The molecule has 0 aromatic heterocycles. The fourth-order valence-electron chi connectivity index (χ4n) is 1.73. The lowest BCUT2D eigenvalue weighted by Gasteiger charge is -2.13. The van der Waals surface area contributed by atoms with Crippen LogP contribution in [0.3, 0.4) is 0 Å². The van der Waals surface area contributed by atoms with Crippen LogP contribution in [0.4, 0.5) is 0 Å². The van der Waals surface area contributed by atoms with Crippen LogP contribution in [-0.4, -0.2) is 11.2 Å². The van der Waals surface area contributed by atoms with Crippen LogP contribution < -0.4 is 0 Å². The van der Waals surface area contributed by atoms with Crippen LogP contribution in [0.5, 0.6) is 0 Å². The lowest BCUT2D eigenvalue weighted by molar-refractivity contribution is 0.164. The second-order valence-corrected chi connectivity index (χ2v) is 4.96. The molecule has 0 saturated heterocycles. The normalized spacial score (nSPS) is 15.0. The lowest BCUT2D eigenvalue weighted by Crippen LogP contribution is -2.09. The SMILES string of the molecule is CC(O)CC(C)Cc1ccc(Cl)c(Cl)c1. The molecule has 0 spiro atoms. The monoisotopic (exact) mass is 246 g/mol. The van der Waals surface area contributed by atoms with Crippen LogP contribution in [0, 0.1) is 5.92 Å². The van der Waals surface area contributed by atoms with Crippen molar-refractivity contribution in [3.63, 3.8) is 0 Å². The molecule has 0 aliphatic rings. The van der Waals surface area contributed by atoms with E-state index >= 15 is 0 Å². The average Bonchev–Trinajstić information content (AvgIpc) is 2.10. The molecule has 3 heteroatoms. The quantitative estimate of drug-likeness (QED) is 0.854. The first-order chi connectivity index (χ1) is 6.99. The maximum absolute atomic E-state index is 9.25. The predicted molar refractivity (Wildman–Crippen MR) is 65.6 cm³/mol. The van der Waals surface area contributed by atoms with E-state index < -0.39 is 0 Å². The smallest absolute Gasteiger partial charge is 0.0595 e. The van der Waals surface area contributed by atoms with Crippen molar-refractivity contribution in [1.29, 1.82) is 0 Å². The van der Waals surface area contributed by atoms with Crippen LogP contribution in [0.25, 0.3) is 0 Å². The van der Waals surface area contributed by atoms with E-state index in [1.807, 2.05) is 25.1 Å². The summed E-state index contributed by atoms with van der Waals surface area (Å²) in [6.45, 7) is 3.93. The Morgan fingerprint density at radius 1 is 1.20 bits per heavy atom. The topological polar surface area (TPSA) is 20.2 Å². The zero-order valence-electron chi connectivity index (χ0n) is 9.00. The fourth-order valence-corrected chi connectivity index (χ4v) is 2.06. The summed E-state index contributed by atoms with van der Waals surface area (Å²) < 4.78 is 0. The van der Waals surface area contributed by atoms with E-state index in [-0.39, 0.29) is 6.10 Å². The Hall–Kier alpha value is -0.240. The van der Waals surface area contributed by atoms with Gasteiger partial charge in [0, 0.05) is 0 Å². The molecule has 2 unspecified atom stereocenters. The summed E-state index contributed by atoms with van der Waals surface area (Å²) in [5.41, 5.74) is 1.16. The first kappa shape index (κ1) is 12.8. The summed E-state index contributed by atoms with van der Waals surface area (Å²) in [5, 5.41) is 10.4. The van der Waals surface area contributed by atoms with Gasteiger partial charge in [-0.3, -0.25) is 0 Å². The molecule has 0 aliphatic carbocycles. The Bertz CT molecular complexity index is 323. The summed E-state index contributed by atoms with van der Waals surface area (Å²) in [4.78, 5) is 0. The van der Waals surface area contributed by atoms with Crippen LogP contribution in [0.2, 0.25) is 10.0 Å². The molecule has 1 aromatic carbocycles. The maximum atomic E-state index is 9.25. The minimum absolute atomic E-state index is 0.247. The third kappa shape index (κ3) is 4.42. The average molecular weight is 247 g/mol. The molecule has 84 valence electrons. The molecule has 0 aliphatic heterocycles. The Labute approximate surface area is 101 Å². The van der Waals surface area contributed by atoms with Gasteiger partial charge in [-0.2, -0.15) is 0 Å². The molecule has 0 heterocycles. The predicted octanol–water partition coefficient (Wildman–Crippen LogP) is 3.94. The maximum Gasteiger partial charge on any atom is 0.0595 e. The van der Waals surface area contributed by atoms with Crippen molar-refractivity contribution in [2.45, 2.75) is 32.8 Å². The van der Waals surface area contributed by atoms with E-state index in [4.69, 9.17) is 23.2 Å². The number of rotatable bonds is 4. The minimum Gasteiger partial charge on any atom is -0.393 e. The minimum atomic E-state index is -0.247. The number of aliphatic hydroxyl groups excluding tert-OH is 1. The van der Waals surface area contributed by atoms with E-state index in [1.165, 1.54) is 0 Å². The number of aliphatic hydroxyl groups is 1. The van der Waals surface area contributed by atoms with E-state index in [0.717, 1.165) is 18.4 Å². The van der Waals surface area contributed by atoms with Crippen molar-refractivity contribution in [1.82, 2.24) is 0 Å². The highest BCUT2D eigenvalue weighted by molar-refractivity contribution is 6.42. The molecule has 15 heavy (non-hydrogen) atoms. The van der Waals surface area contributed by atoms with Crippen molar-refractivity contribution in [3.8, 4) is 0 Å². The number of hydrogen-bond acceptors (Lipinski definition) is 1. The number of benzene rings is 1. The van der Waals surface area contributed by atoms with Gasteiger partial charge in [0.15, 0.2) is 0 Å². The molecule has 1 nitrogen and oxygen atoms in total. The summed E-state index contributed by atoms with van der Waals surface area (Å²) in [6, 6.07) is 5.68. The fraction of sp³-hybridized carbons (Fsp3) is 0.500. The third-order valence-corrected chi connectivity index (χ3v) is 3.05. The first-order valence-corrected chi connectivity index (χ1v) is 5.86. The molecular weight excluding hydrogens is 231 g/mol. The molecule has 1 N–H and O–H groups in total. The van der Waals surface area contributed by atoms with Crippen molar-refractivity contribution < 1.29 is 5.11 Å². The molecule has 0 saturated carbocycles.